The third kappa shape index (κ3) is 3.54. The summed E-state index contributed by atoms with van der Waals surface area (Å²) in [5, 5.41) is 3.75. The van der Waals surface area contributed by atoms with Crippen molar-refractivity contribution in [2.75, 3.05) is 13.1 Å². The van der Waals surface area contributed by atoms with Gasteiger partial charge in [0.05, 0.1) is 12.8 Å². The van der Waals surface area contributed by atoms with Gasteiger partial charge in [0.25, 0.3) is 16.1 Å². The Morgan fingerprint density at radius 3 is 2.68 bits per heavy atom. The summed E-state index contributed by atoms with van der Waals surface area (Å²) in [6.07, 6.45) is 5.44. The first-order valence-corrected chi connectivity index (χ1v) is 8.70. The van der Waals surface area contributed by atoms with Crippen LogP contribution in [0.15, 0.2) is 27.3 Å². The van der Waals surface area contributed by atoms with Gasteiger partial charge in [0, 0.05) is 13.1 Å². The molecule has 1 saturated heterocycles. The topological polar surface area (TPSA) is 101 Å². The molecule has 3 heterocycles. The second-order valence-electron chi connectivity index (χ2n) is 5.13. The van der Waals surface area contributed by atoms with Crippen LogP contribution in [0.3, 0.4) is 0 Å². The molecule has 0 aliphatic carbocycles. The number of nitrogens with zero attached hydrogens (tertiary/aromatic N) is 3. The average Bonchev–Trinajstić information content (AvgIpc) is 3.11. The van der Waals surface area contributed by atoms with Crippen LogP contribution in [-0.2, 0) is 16.8 Å². The molecular weight excluding hydrogens is 308 g/mol. The Hall–Kier alpha value is -1.71. The van der Waals surface area contributed by atoms with Crippen LogP contribution in [0.4, 0.5) is 0 Å². The molecule has 1 aliphatic heterocycles. The van der Waals surface area contributed by atoms with Crippen LogP contribution in [0.1, 0.15) is 31.5 Å². The fourth-order valence-electron chi connectivity index (χ4n) is 2.36. The van der Waals surface area contributed by atoms with Gasteiger partial charge >= 0.3 is 0 Å². The Morgan fingerprint density at radius 2 is 2.00 bits per heavy atom. The van der Waals surface area contributed by atoms with E-state index in [1.807, 2.05) is 0 Å². The maximum Gasteiger partial charge on any atom is 0.293 e. The third-order valence-corrected chi connectivity index (χ3v) is 5.07. The molecule has 0 saturated carbocycles. The highest BCUT2D eigenvalue weighted by atomic mass is 32.2. The Balaban J connectivity index is 1.61. The largest absolute Gasteiger partial charge is 0.459 e. The summed E-state index contributed by atoms with van der Waals surface area (Å²) in [5.41, 5.74) is 0. The van der Waals surface area contributed by atoms with E-state index in [1.165, 1.54) is 10.6 Å². The number of rotatable bonds is 5. The highest BCUT2D eigenvalue weighted by Crippen LogP contribution is 2.17. The number of aromatic nitrogens is 2. The number of furan rings is 1. The lowest BCUT2D eigenvalue weighted by Crippen LogP contribution is -2.41. The van der Waals surface area contributed by atoms with Crippen LogP contribution in [-0.4, -0.2) is 36.0 Å². The monoisotopic (exact) mass is 326 g/mol. The molecule has 2 aromatic heterocycles. The zero-order valence-electron chi connectivity index (χ0n) is 12.1. The van der Waals surface area contributed by atoms with Crippen molar-refractivity contribution in [3.05, 3.63) is 24.2 Å². The minimum atomic E-state index is -3.51. The summed E-state index contributed by atoms with van der Waals surface area (Å²) in [4.78, 5) is 4.10. The maximum atomic E-state index is 12.3. The van der Waals surface area contributed by atoms with Crippen LogP contribution < -0.4 is 4.72 Å². The van der Waals surface area contributed by atoms with Gasteiger partial charge in [0.2, 0.25) is 0 Å². The van der Waals surface area contributed by atoms with Gasteiger partial charge in [-0.2, -0.15) is 22.4 Å². The predicted molar refractivity (Wildman–Crippen MR) is 77.8 cm³/mol. The Kier molecular flexibility index (Phi) is 4.55. The second kappa shape index (κ2) is 6.59. The summed E-state index contributed by atoms with van der Waals surface area (Å²) >= 11 is 0. The van der Waals surface area contributed by atoms with Crippen molar-refractivity contribution in [2.24, 2.45) is 0 Å². The first kappa shape index (κ1) is 15.2. The Morgan fingerprint density at radius 1 is 1.23 bits per heavy atom. The van der Waals surface area contributed by atoms with E-state index in [1.54, 1.807) is 12.1 Å². The summed E-state index contributed by atoms with van der Waals surface area (Å²) < 4.78 is 38.7. The van der Waals surface area contributed by atoms with Crippen molar-refractivity contribution in [2.45, 2.75) is 32.2 Å². The van der Waals surface area contributed by atoms with Crippen LogP contribution in [0, 0.1) is 0 Å². The predicted octanol–water partition coefficient (Wildman–Crippen LogP) is 1.54. The molecule has 0 unspecified atom stereocenters. The van der Waals surface area contributed by atoms with E-state index in [4.69, 9.17) is 8.94 Å². The molecule has 0 spiro atoms. The molecule has 0 amide bonds. The smallest absolute Gasteiger partial charge is 0.293 e. The standard InChI is InChI=1S/C13H18N4O4S/c18-22(19,17-7-3-1-2-4-8-17)14-10-12-15-13(21-16-12)11-6-5-9-20-11/h5-6,9,14H,1-4,7-8,10H2. The van der Waals surface area contributed by atoms with Gasteiger partial charge in [0.15, 0.2) is 11.6 Å². The highest BCUT2D eigenvalue weighted by molar-refractivity contribution is 7.87. The fraction of sp³-hybridized carbons (Fsp3) is 0.538. The van der Waals surface area contributed by atoms with Crippen molar-refractivity contribution in [3.63, 3.8) is 0 Å². The molecule has 3 rings (SSSR count). The quantitative estimate of drug-likeness (QED) is 0.894. The molecule has 0 atom stereocenters. The molecule has 2 aromatic rings. The van der Waals surface area contributed by atoms with E-state index < -0.39 is 10.2 Å². The fourth-order valence-corrected chi connectivity index (χ4v) is 3.59. The van der Waals surface area contributed by atoms with E-state index in [0.717, 1.165) is 25.7 Å². The highest BCUT2D eigenvalue weighted by Gasteiger charge is 2.23. The lowest BCUT2D eigenvalue weighted by molar-refractivity contribution is 0.403. The minimum Gasteiger partial charge on any atom is -0.459 e. The lowest BCUT2D eigenvalue weighted by Gasteiger charge is -2.19. The molecule has 9 heteroatoms. The van der Waals surface area contributed by atoms with Crippen molar-refractivity contribution in [1.82, 2.24) is 19.2 Å². The molecule has 1 aliphatic rings. The molecule has 0 bridgehead atoms. The summed E-state index contributed by atoms with van der Waals surface area (Å²) in [6, 6.07) is 3.40. The van der Waals surface area contributed by atoms with Crippen LogP contribution in [0.2, 0.25) is 0 Å². The average molecular weight is 326 g/mol. The molecule has 1 N–H and O–H groups in total. The molecule has 0 aromatic carbocycles. The van der Waals surface area contributed by atoms with Crippen LogP contribution in [0.25, 0.3) is 11.7 Å². The van der Waals surface area contributed by atoms with E-state index in [0.29, 0.717) is 18.8 Å². The number of hydrogen-bond donors (Lipinski definition) is 1. The summed E-state index contributed by atoms with van der Waals surface area (Å²) in [6.45, 7) is 1.10. The van der Waals surface area contributed by atoms with Crippen molar-refractivity contribution in [3.8, 4) is 11.7 Å². The molecule has 8 nitrogen and oxygen atoms in total. The van der Waals surface area contributed by atoms with E-state index in [2.05, 4.69) is 14.9 Å². The Bertz CT molecular complexity index is 687. The Labute approximate surface area is 128 Å². The van der Waals surface area contributed by atoms with Gasteiger partial charge in [-0.05, 0) is 25.0 Å². The number of hydrogen-bond acceptors (Lipinski definition) is 6. The lowest BCUT2D eigenvalue weighted by atomic mass is 10.2. The van der Waals surface area contributed by atoms with E-state index >= 15 is 0 Å². The summed E-state index contributed by atoms with van der Waals surface area (Å²) in [5.74, 6) is 0.952. The van der Waals surface area contributed by atoms with E-state index in [9.17, 15) is 8.42 Å². The molecule has 22 heavy (non-hydrogen) atoms. The zero-order valence-corrected chi connectivity index (χ0v) is 12.9. The van der Waals surface area contributed by atoms with Crippen molar-refractivity contribution < 1.29 is 17.4 Å². The van der Waals surface area contributed by atoms with Gasteiger partial charge in [0.1, 0.15) is 0 Å². The van der Waals surface area contributed by atoms with Crippen LogP contribution in [0.5, 0.6) is 0 Å². The molecule has 1 fully saturated rings. The van der Waals surface area contributed by atoms with Gasteiger partial charge in [-0.1, -0.05) is 18.0 Å². The van der Waals surface area contributed by atoms with Crippen molar-refractivity contribution >= 4 is 10.2 Å². The van der Waals surface area contributed by atoms with Gasteiger partial charge in [-0.15, -0.1) is 0 Å². The van der Waals surface area contributed by atoms with Gasteiger partial charge in [-0.3, -0.25) is 0 Å². The normalized spacial score (nSPS) is 17.5. The van der Waals surface area contributed by atoms with Gasteiger partial charge < -0.3 is 8.94 Å². The molecule has 120 valence electrons. The first-order chi connectivity index (χ1) is 10.6. The minimum absolute atomic E-state index is 0.0109. The SMILES string of the molecule is O=S(=O)(NCc1noc(-c2ccco2)n1)N1CCCCCC1. The van der Waals surface area contributed by atoms with Gasteiger partial charge in [-0.25, -0.2) is 0 Å². The first-order valence-electron chi connectivity index (χ1n) is 7.26. The molecular formula is C13H18N4O4S. The second-order valence-corrected chi connectivity index (χ2v) is 6.89. The van der Waals surface area contributed by atoms with Crippen molar-refractivity contribution in [1.29, 1.82) is 0 Å². The molecule has 0 radical (unpaired) electrons. The zero-order chi connectivity index (χ0) is 15.4. The third-order valence-electron chi connectivity index (χ3n) is 3.52. The van der Waals surface area contributed by atoms with Crippen LogP contribution >= 0.6 is 0 Å². The maximum absolute atomic E-state index is 12.3. The van der Waals surface area contributed by atoms with E-state index in [-0.39, 0.29) is 18.3 Å². The summed E-state index contributed by atoms with van der Waals surface area (Å²) in [7, 11) is -3.51. The number of nitrogens with one attached hydrogen (secondary N) is 1.